The van der Waals surface area contributed by atoms with Gasteiger partial charge >= 0.3 is 0 Å². The van der Waals surface area contributed by atoms with Crippen LogP contribution in [0.25, 0.3) is 10.9 Å². The number of aryl methyl sites for hydroxylation is 1. The Bertz CT molecular complexity index is 1090. The molecule has 4 rings (SSSR count). The Balaban J connectivity index is 1.84. The second-order valence-electron chi connectivity index (χ2n) is 6.71. The zero-order valence-corrected chi connectivity index (χ0v) is 14.5. The predicted octanol–water partition coefficient (Wildman–Crippen LogP) is 3.30. The van der Waals surface area contributed by atoms with Crippen molar-refractivity contribution < 1.29 is 4.39 Å². The summed E-state index contributed by atoms with van der Waals surface area (Å²) in [5, 5.41) is 0.309. The summed E-state index contributed by atoms with van der Waals surface area (Å²) < 4.78 is 16.7. The molecule has 1 aliphatic heterocycles. The number of nitrogens with zero attached hydrogens (tertiary/aromatic N) is 3. The number of pyridine rings is 1. The van der Waals surface area contributed by atoms with Crippen molar-refractivity contribution >= 4 is 10.9 Å². The third kappa shape index (κ3) is 2.99. The van der Waals surface area contributed by atoms with E-state index < -0.39 is 5.82 Å². The molecule has 0 spiro atoms. The monoisotopic (exact) mass is 347 g/mol. The van der Waals surface area contributed by atoms with E-state index in [9.17, 15) is 9.18 Å². The average molecular weight is 347 g/mol. The van der Waals surface area contributed by atoms with Crippen LogP contribution in [-0.4, -0.2) is 14.5 Å². The molecule has 1 aliphatic rings. The molecule has 4 nitrogen and oxygen atoms in total. The fourth-order valence-corrected chi connectivity index (χ4v) is 3.25. The van der Waals surface area contributed by atoms with Crippen molar-refractivity contribution in [2.75, 3.05) is 0 Å². The molecular weight excluding hydrogens is 329 g/mol. The highest BCUT2D eigenvalue weighted by molar-refractivity contribution is 5.80. The van der Waals surface area contributed by atoms with Crippen LogP contribution in [0.5, 0.6) is 0 Å². The van der Waals surface area contributed by atoms with E-state index in [4.69, 9.17) is 0 Å². The van der Waals surface area contributed by atoms with Gasteiger partial charge in [0.1, 0.15) is 17.0 Å². The second kappa shape index (κ2) is 6.72. The fraction of sp³-hybridized carbons (Fsp3) is 0.286. The largest absolute Gasteiger partial charge is 0.296 e. The Morgan fingerprint density at radius 2 is 2.08 bits per heavy atom. The molecule has 3 heterocycles. The minimum Gasteiger partial charge on any atom is -0.296 e. The number of rotatable bonds is 0. The Morgan fingerprint density at radius 1 is 1.19 bits per heavy atom. The predicted molar refractivity (Wildman–Crippen MR) is 98.3 cm³/mol. The lowest BCUT2D eigenvalue weighted by atomic mass is 10.0. The molecule has 130 valence electrons. The van der Waals surface area contributed by atoms with E-state index >= 15 is 0 Å². The van der Waals surface area contributed by atoms with E-state index in [1.807, 2.05) is 6.07 Å². The third-order valence-electron chi connectivity index (χ3n) is 4.84. The summed E-state index contributed by atoms with van der Waals surface area (Å²) in [6.45, 7) is 2.81. The maximum absolute atomic E-state index is 15.0. The first-order chi connectivity index (χ1) is 12.6. The van der Waals surface area contributed by atoms with Crippen LogP contribution in [0.1, 0.15) is 36.8 Å². The van der Waals surface area contributed by atoms with Gasteiger partial charge in [0.25, 0.3) is 5.56 Å². The zero-order valence-electron chi connectivity index (χ0n) is 14.5. The van der Waals surface area contributed by atoms with Crippen LogP contribution in [0, 0.1) is 23.6 Å². The van der Waals surface area contributed by atoms with Gasteiger partial charge in [-0.15, -0.1) is 0 Å². The van der Waals surface area contributed by atoms with Gasteiger partial charge < -0.3 is 0 Å². The smallest absolute Gasteiger partial charge is 0.261 e. The molecule has 0 fully saturated rings. The molecule has 0 aliphatic carbocycles. The summed E-state index contributed by atoms with van der Waals surface area (Å²) in [7, 11) is 0. The van der Waals surface area contributed by atoms with E-state index in [1.165, 1.54) is 0 Å². The molecule has 3 aromatic rings. The molecule has 26 heavy (non-hydrogen) atoms. The Morgan fingerprint density at radius 3 is 2.88 bits per heavy atom. The summed E-state index contributed by atoms with van der Waals surface area (Å²) >= 11 is 0. The van der Waals surface area contributed by atoms with E-state index in [-0.39, 0.29) is 16.6 Å². The lowest BCUT2D eigenvalue weighted by molar-refractivity contribution is 0.484. The maximum atomic E-state index is 15.0. The van der Waals surface area contributed by atoms with E-state index in [1.54, 1.807) is 35.0 Å². The molecule has 0 bridgehead atoms. The first kappa shape index (κ1) is 16.5. The minimum absolute atomic E-state index is 0.114. The van der Waals surface area contributed by atoms with E-state index in [0.29, 0.717) is 35.8 Å². The maximum Gasteiger partial charge on any atom is 0.261 e. The third-order valence-corrected chi connectivity index (χ3v) is 4.84. The van der Waals surface area contributed by atoms with Crippen LogP contribution in [0.3, 0.4) is 0 Å². The fourth-order valence-electron chi connectivity index (χ4n) is 3.25. The summed E-state index contributed by atoms with van der Waals surface area (Å²) in [6.07, 6.45) is 4.23. The molecule has 0 amide bonds. The van der Waals surface area contributed by atoms with Crippen LogP contribution in [0.2, 0.25) is 0 Å². The van der Waals surface area contributed by atoms with Crippen molar-refractivity contribution in [2.24, 2.45) is 5.92 Å². The number of fused-ring (bicyclic) bond motifs is 2. The van der Waals surface area contributed by atoms with Gasteiger partial charge in [0, 0.05) is 19.2 Å². The normalized spacial score (nSPS) is 16.5. The highest BCUT2D eigenvalue weighted by Gasteiger charge is 2.19. The van der Waals surface area contributed by atoms with Gasteiger partial charge in [-0.3, -0.25) is 9.36 Å². The molecule has 1 atom stereocenters. The van der Waals surface area contributed by atoms with Crippen molar-refractivity contribution in [1.29, 1.82) is 0 Å². The summed E-state index contributed by atoms with van der Waals surface area (Å²) in [5.74, 6) is 6.31. The Kier molecular flexibility index (Phi) is 4.26. The lowest BCUT2D eigenvalue weighted by Crippen LogP contribution is -2.25. The number of hydrogen-bond donors (Lipinski definition) is 0. The molecule has 2 aromatic heterocycles. The van der Waals surface area contributed by atoms with Crippen molar-refractivity contribution in [2.45, 2.75) is 32.7 Å². The van der Waals surface area contributed by atoms with Crippen LogP contribution in [0.15, 0.2) is 41.3 Å². The van der Waals surface area contributed by atoms with Crippen molar-refractivity contribution in [3.05, 3.63) is 69.8 Å². The van der Waals surface area contributed by atoms with Crippen LogP contribution in [0.4, 0.5) is 4.39 Å². The summed E-state index contributed by atoms with van der Waals surface area (Å²) in [5.41, 5.74) is 0.740. The molecule has 1 aromatic carbocycles. The second-order valence-corrected chi connectivity index (χ2v) is 6.71. The molecule has 0 saturated heterocycles. The number of hydrogen-bond acceptors (Lipinski definition) is 3. The van der Waals surface area contributed by atoms with Crippen LogP contribution >= 0.6 is 0 Å². The molecule has 0 N–H and O–H groups in total. The van der Waals surface area contributed by atoms with Crippen LogP contribution in [-0.2, 0) is 13.0 Å². The molecular formula is C21H18FN3O. The SMILES string of the molecule is CC1CCc2nc3c(F)c(C#Cc4ccccn4)ccc3c(=O)n2CC1. The first-order valence-electron chi connectivity index (χ1n) is 8.78. The number of halogens is 1. The quantitative estimate of drug-likeness (QED) is 0.586. The Labute approximate surface area is 150 Å². The highest BCUT2D eigenvalue weighted by atomic mass is 19.1. The van der Waals surface area contributed by atoms with Gasteiger partial charge in [-0.05, 0) is 48.9 Å². The Hall–Kier alpha value is -3.00. The first-order valence-corrected chi connectivity index (χ1v) is 8.78. The molecule has 5 heteroatoms. The number of benzene rings is 1. The highest BCUT2D eigenvalue weighted by Crippen LogP contribution is 2.21. The van der Waals surface area contributed by atoms with Crippen molar-refractivity contribution in [3.8, 4) is 11.8 Å². The van der Waals surface area contributed by atoms with Gasteiger partial charge in [0.2, 0.25) is 0 Å². The van der Waals surface area contributed by atoms with Gasteiger partial charge in [-0.1, -0.05) is 18.9 Å². The van der Waals surface area contributed by atoms with Crippen LogP contribution < -0.4 is 5.56 Å². The summed E-state index contributed by atoms with van der Waals surface area (Å²) in [6, 6.07) is 8.55. The minimum atomic E-state index is -0.538. The molecule has 1 unspecified atom stereocenters. The van der Waals surface area contributed by atoms with E-state index in [0.717, 1.165) is 12.8 Å². The molecule has 0 radical (unpaired) electrons. The van der Waals surface area contributed by atoms with Gasteiger partial charge in [-0.25, -0.2) is 14.4 Å². The average Bonchev–Trinajstić information content (AvgIpc) is 2.85. The standard InChI is InChI=1S/C21H18FN3O/c1-14-5-10-18-24-20-17(21(26)25(18)13-11-14)9-7-15(19(20)22)6-8-16-4-2-3-12-23-16/h2-4,7,9,12,14H,5,10-11,13H2,1H3. The molecule has 0 saturated carbocycles. The van der Waals surface area contributed by atoms with Gasteiger partial charge in [0.05, 0.1) is 10.9 Å². The van der Waals surface area contributed by atoms with Crippen molar-refractivity contribution in [1.82, 2.24) is 14.5 Å². The topological polar surface area (TPSA) is 47.8 Å². The number of aromatic nitrogens is 3. The van der Waals surface area contributed by atoms with Crippen molar-refractivity contribution in [3.63, 3.8) is 0 Å². The van der Waals surface area contributed by atoms with Gasteiger partial charge in [-0.2, -0.15) is 0 Å². The lowest BCUT2D eigenvalue weighted by Gasteiger charge is -2.10. The van der Waals surface area contributed by atoms with Gasteiger partial charge in [0.15, 0.2) is 5.82 Å². The zero-order chi connectivity index (χ0) is 18.1. The van der Waals surface area contributed by atoms with E-state index in [2.05, 4.69) is 28.7 Å². The summed E-state index contributed by atoms with van der Waals surface area (Å²) in [4.78, 5) is 21.4.